The van der Waals surface area contributed by atoms with Crippen LogP contribution >= 0.6 is 0 Å². The van der Waals surface area contributed by atoms with Gasteiger partial charge in [0.2, 0.25) is 0 Å². The first-order chi connectivity index (χ1) is 7.66. The maximum absolute atomic E-state index is 10.3. The monoisotopic (exact) mass is 220 g/mol. The van der Waals surface area contributed by atoms with E-state index in [2.05, 4.69) is 32.0 Å². The minimum Gasteiger partial charge on any atom is -0.388 e. The second kappa shape index (κ2) is 4.98. The number of aryl methyl sites for hydroxylation is 2. The van der Waals surface area contributed by atoms with E-state index in [1.807, 2.05) is 0 Å². The molecule has 2 heteroatoms. The van der Waals surface area contributed by atoms with Crippen molar-refractivity contribution in [2.45, 2.75) is 32.8 Å². The zero-order valence-corrected chi connectivity index (χ0v) is 10.1. The highest BCUT2D eigenvalue weighted by Gasteiger charge is 2.23. The van der Waals surface area contributed by atoms with Gasteiger partial charge in [0.05, 0.1) is 12.7 Å². The molecule has 16 heavy (non-hydrogen) atoms. The lowest BCUT2D eigenvalue weighted by atomic mass is 9.90. The molecule has 1 fully saturated rings. The van der Waals surface area contributed by atoms with Gasteiger partial charge in [-0.2, -0.15) is 0 Å². The summed E-state index contributed by atoms with van der Waals surface area (Å²) in [5.74, 6) is 0.259. The molecule has 1 aromatic rings. The minimum absolute atomic E-state index is 0.259. The second-order valence-corrected chi connectivity index (χ2v) is 4.84. The van der Waals surface area contributed by atoms with Crippen molar-refractivity contribution in [2.75, 3.05) is 13.2 Å². The van der Waals surface area contributed by atoms with Crippen LogP contribution in [0.25, 0.3) is 0 Å². The Morgan fingerprint density at radius 3 is 2.50 bits per heavy atom. The molecule has 1 aromatic carbocycles. The zero-order chi connectivity index (χ0) is 11.5. The van der Waals surface area contributed by atoms with Gasteiger partial charge < -0.3 is 9.84 Å². The van der Waals surface area contributed by atoms with Crippen LogP contribution in [-0.4, -0.2) is 18.3 Å². The molecule has 2 unspecified atom stereocenters. The molecule has 1 heterocycles. The predicted molar refractivity (Wildman–Crippen MR) is 64.4 cm³/mol. The molecule has 2 atom stereocenters. The van der Waals surface area contributed by atoms with E-state index in [0.29, 0.717) is 6.61 Å². The van der Waals surface area contributed by atoms with E-state index in [9.17, 15) is 5.11 Å². The highest BCUT2D eigenvalue weighted by atomic mass is 16.5. The Morgan fingerprint density at radius 1 is 1.25 bits per heavy atom. The van der Waals surface area contributed by atoms with Crippen LogP contribution in [0.5, 0.6) is 0 Å². The number of aliphatic hydroxyl groups excluding tert-OH is 1. The molecule has 1 aliphatic rings. The first-order valence-electron chi connectivity index (χ1n) is 6.01. The average molecular weight is 220 g/mol. The summed E-state index contributed by atoms with van der Waals surface area (Å²) >= 11 is 0. The third kappa shape index (κ3) is 2.63. The topological polar surface area (TPSA) is 29.5 Å². The average Bonchev–Trinajstić information content (AvgIpc) is 2.28. The van der Waals surface area contributed by atoms with E-state index in [-0.39, 0.29) is 12.0 Å². The second-order valence-electron chi connectivity index (χ2n) is 4.84. The smallest absolute Gasteiger partial charge is 0.0840 e. The van der Waals surface area contributed by atoms with Gasteiger partial charge in [-0.05, 0) is 32.3 Å². The molecule has 0 amide bonds. The highest BCUT2D eigenvalue weighted by Crippen LogP contribution is 2.29. The van der Waals surface area contributed by atoms with Crippen molar-refractivity contribution in [2.24, 2.45) is 5.92 Å². The number of rotatable bonds is 2. The molecular weight excluding hydrogens is 200 g/mol. The number of aliphatic hydroxyl groups is 1. The van der Waals surface area contributed by atoms with Crippen LogP contribution in [0.3, 0.4) is 0 Å². The first-order valence-corrected chi connectivity index (χ1v) is 6.01. The minimum atomic E-state index is -0.376. The highest BCUT2D eigenvalue weighted by molar-refractivity contribution is 5.30. The SMILES string of the molecule is Cc1cc(C)cc(C(O)C2CCCOC2)c1. The Hall–Kier alpha value is -0.860. The van der Waals surface area contributed by atoms with Crippen molar-refractivity contribution in [1.82, 2.24) is 0 Å². The van der Waals surface area contributed by atoms with Crippen molar-refractivity contribution in [3.8, 4) is 0 Å². The van der Waals surface area contributed by atoms with E-state index in [0.717, 1.165) is 25.0 Å². The maximum atomic E-state index is 10.3. The third-order valence-electron chi connectivity index (χ3n) is 3.23. The van der Waals surface area contributed by atoms with Crippen molar-refractivity contribution in [3.63, 3.8) is 0 Å². The lowest BCUT2D eigenvalue weighted by Gasteiger charge is -2.27. The van der Waals surface area contributed by atoms with Gasteiger partial charge in [0.25, 0.3) is 0 Å². The van der Waals surface area contributed by atoms with Crippen molar-refractivity contribution in [1.29, 1.82) is 0 Å². The van der Waals surface area contributed by atoms with Crippen LogP contribution in [0.2, 0.25) is 0 Å². The maximum Gasteiger partial charge on any atom is 0.0840 e. The van der Waals surface area contributed by atoms with Crippen LogP contribution in [0.1, 0.15) is 35.6 Å². The quantitative estimate of drug-likeness (QED) is 0.830. The molecule has 1 N–H and O–H groups in total. The van der Waals surface area contributed by atoms with Crippen LogP contribution in [0, 0.1) is 19.8 Å². The molecule has 1 saturated heterocycles. The van der Waals surface area contributed by atoms with Crippen molar-refractivity contribution in [3.05, 3.63) is 34.9 Å². The summed E-state index contributed by atoms with van der Waals surface area (Å²) in [6.07, 6.45) is 1.75. The largest absolute Gasteiger partial charge is 0.388 e. The summed E-state index contributed by atoms with van der Waals surface area (Å²) in [5, 5.41) is 10.3. The third-order valence-corrected chi connectivity index (χ3v) is 3.23. The van der Waals surface area contributed by atoms with Crippen LogP contribution in [0.15, 0.2) is 18.2 Å². The summed E-state index contributed by atoms with van der Waals surface area (Å²) in [5.41, 5.74) is 3.46. The van der Waals surface area contributed by atoms with Gasteiger partial charge in [-0.3, -0.25) is 0 Å². The summed E-state index contributed by atoms with van der Waals surface area (Å²) < 4.78 is 5.43. The van der Waals surface area contributed by atoms with Gasteiger partial charge in [0.1, 0.15) is 0 Å². The Bertz CT molecular complexity index is 334. The Kier molecular flexibility index (Phi) is 3.62. The molecule has 0 radical (unpaired) electrons. The van der Waals surface area contributed by atoms with Crippen molar-refractivity contribution < 1.29 is 9.84 Å². The van der Waals surface area contributed by atoms with Gasteiger partial charge >= 0.3 is 0 Å². The molecule has 0 aromatic heterocycles. The fourth-order valence-electron chi connectivity index (χ4n) is 2.47. The van der Waals surface area contributed by atoms with E-state index < -0.39 is 0 Å². The number of ether oxygens (including phenoxy) is 1. The van der Waals surface area contributed by atoms with Gasteiger partial charge in [0.15, 0.2) is 0 Å². The molecular formula is C14H20O2. The van der Waals surface area contributed by atoms with E-state index in [1.54, 1.807) is 0 Å². The molecule has 1 aliphatic heterocycles. The molecule has 2 nitrogen and oxygen atoms in total. The Labute approximate surface area is 97.3 Å². The fraction of sp³-hybridized carbons (Fsp3) is 0.571. The fourth-order valence-corrected chi connectivity index (χ4v) is 2.47. The zero-order valence-electron chi connectivity index (χ0n) is 10.1. The summed E-state index contributed by atoms with van der Waals surface area (Å²) in [6, 6.07) is 6.28. The molecule has 88 valence electrons. The summed E-state index contributed by atoms with van der Waals surface area (Å²) in [6.45, 7) is 5.67. The predicted octanol–water partition coefficient (Wildman–Crippen LogP) is 2.76. The molecule has 2 rings (SSSR count). The molecule has 0 spiro atoms. The molecule has 0 aliphatic carbocycles. The number of hydrogen-bond donors (Lipinski definition) is 1. The number of hydrogen-bond acceptors (Lipinski definition) is 2. The normalized spacial score (nSPS) is 23.1. The van der Waals surface area contributed by atoms with Gasteiger partial charge in [0, 0.05) is 12.5 Å². The van der Waals surface area contributed by atoms with Gasteiger partial charge in [-0.25, -0.2) is 0 Å². The summed E-state index contributed by atoms with van der Waals surface area (Å²) in [4.78, 5) is 0. The Morgan fingerprint density at radius 2 is 1.94 bits per heavy atom. The summed E-state index contributed by atoms with van der Waals surface area (Å²) in [7, 11) is 0. The molecule has 0 bridgehead atoms. The van der Waals surface area contributed by atoms with Gasteiger partial charge in [-0.15, -0.1) is 0 Å². The van der Waals surface area contributed by atoms with Crippen LogP contribution in [0.4, 0.5) is 0 Å². The lowest BCUT2D eigenvalue weighted by molar-refractivity contribution is -0.01000. The van der Waals surface area contributed by atoms with Crippen LogP contribution < -0.4 is 0 Å². The number of benzene rings is 1. The van der Waals surface area contributed by atoms with Crippen LogP contribution in [-0.2, 0) is 4.74 Å². The first kappa shape index (κ1) is 11.6. The Balaban J connectivity index is 2.15. The standard InChI is InChI=1S/C14H20O2/c1-10-6-11(2)8-13(7-10)14(15)12-4-3-5-16-9-12/h6-8,12,14-15H,3-5,9H2,1-2H3. The van der Waals surface area contributed by atoms with E-state index >= 15 is 0 Å². The molecule has 0 saturated carbocycles. The van der Waals surface area contributed by atoms with E-state index in [4.69, 9.17) is 4.74 Å². The lowest BCUT2D eigenvalue weighted by Crippen LogP contribution is -2.23. The van der Waals surface area contributed by atoms with E-state index in [1.165, 1.54) is 11.1 Å². The van der Waals surface area contributed by atoms with Crippen molar-refractivity contribution >= 4 is 0 Å². The van der Waals surface area contributed by atoms with Gasteiger partial charge in [-0.1, -0.05) is 29.3 Å².